The van der Waals surface area contributed by atoms with Crippen LogP contribution in [0.2, 0.25) is 0 Å². The van der Waals surface area contributed by atoms with Gasteiger partial charge in [-0.2, -0.15) is 5.26 Å². The first-order chi connectivity index (χ1) is 6.24. The second kappa shape index (κ2) is 3.28. The molecule has 1 aliphatic carbocycles. The molecule has 2 fully saturated rings. The molecule has 0 aromatic carbocycles. The summed E-state index contributed by atoms with van der Waals surface area (Å²) in [5, 5.41) is 12.4. The van der Waals surface area contributed by atoms with Gasteiger partial charge in [0.05, 0.1) is 11.5 Å². The average Bonchev–Trinajstić information content (AvgIpc) is 2.86. The largest absolute Gasteiger partial charge is 0.312 e. The first kappa shape index (κ1) is 8.98. The second-order valence-electron chi connectivity index (χ2n) is 4.48. The molecule has 0 radical (unpaired) electrons. The molecule has 72 valence electrons. The van der Waals surface area contributed by atoms with Crippen LogP contribution in [0.25, 0.3) is 0 Å². The second-order valence-corrected chi connectivity index (χ2v) is 4.48. The van der Waals surface area contributed by atoms with Gasteiger partial charge in [0.15, 0.2) is 0 Å². The van der Waals surface area contributed by atoms with Crippen molar-refractivity contribution in [1.29, 1.82) is 5.26 Å². The van der Waals surface area contributed by atoms with Crippen molar-refractivity contribution in [3.05, 3.63) is 0 Å². The van der Waals surface area contributed by atoms with Gasteiger partial charge in [-0.15, -0.1) is 0 Å². The van der Waals surface area contributed by atoms with Crippen molar-refractivity contribution in [2.75, 3.05) is 26.2 Å². The van der Waals surface area contributed by atoms with Gasteiger partial charge >= 0.3 is 0 Å². The molecule has 2 aliphatic rings. The smallest absolute Gasteiger partial charge is 0.0703 e. The Morgan fingerprint density at radius 3 is 2.92 bits per heavy atom. The topological polar surface area (TPSA) is 39.1 Å². The lowest BCUT2D eigenvalue weighted by atomic mass is 10.1. The summed E-state index contributed by atoms with van der Waals surface area (Å²) in [6, 6.07) is 3.04. The highest BCUT2D eigenvalue weighted by Crippen LogP contribution is 2.45. The molecular formula is C10H17N3. The van der Waals surface area contributed by atoms with Gasteiger partial charge in [0.25, 0.3) is 0 Å². The number of nitrogens with zero attached hydrogens (tertiary/aromatic N) is 2. The predicted octanol–water partition coefficient (Wildman–Crippen LogP) is 0.584. The molecule has 1 heterocycles. The van der Waals surface area contributed by atoms with Gasteiger partial charge in [-0.3, -0.25) is 4.90 Å². The van der Waals surface area contributed by atoms with Gasteiger partial charge in [0.2, 0.25) is 0 Å². The van der Waals surface area contributed by atoms with Crippen molar-refractivity contribution >= 4 is 0 Å². The zero-order chi connectivity index (χ0) is 9.31. The maximum absolute atomic E-state index is 8.96. The normalized spacial score (nSPS) is 32.5. The maximum atomic E-state index is 8.96. The minimum Gasteiger partial charge on any atom is -0.312 e. The molecule has 0 bridgehead atoms. The van der Waals surface area contributed by atoms with Crippen LogP contribution in [0.3, 0.4) is 0 Å². The molecular weight excluding hydrogens is 162 g/mol. The molecule has 13 heavy (non-hydrogen) atoms. The van der Waals surface area contributed by atoms with Gasteiger partial charge in [0.1, 0.15) is 0 Å². The Morgan fingerprint density at radius 2 is 2.38 bits per heavy atom. The third kappa shape index (κ3) is 2.01. The summed E-state index contributed by atoms with van der Waals surface area (Å²) in [5.74, 6) is 0. The van der Waals surface area contributed by atoms with E-state index in [1.54, 1.807) is 0 Å². The van der Waals surface area contributed by atoms with Crippen LogP contribution in [0, 0.1) is 16.7 Å². The molecule has 1 atom stereocenters. The van der Waals surface area contributed by atoms with E-state index in [2.05, 4.69) is 23.2 Å². The van der Waals surface area contributed by atoms with E-state index in [9.17, 15) is 0 Å². The Hall–Kier alpha value is -0.590. The summed E-state index contributed by atoms with van der Waals surface area (Å²) in [6.45, 7) is 6.48. The summed E-state index contributed by atoms with van der Waals surface area (Å²) in [5.41, 5.74) is 0.0387. The molecule has 3 heteroatoms. The number of hydrogen-bond donors (Lipinski definition) is 1. The Morgan fingerprint density at radius 1 is 1.62 bits per heavy atom. The lowest BCUT2D eigenvalue weighted by Crippen LogP contribution is -2.50. The monoisotopic (exact) mass is 179 g/mol. The summed E-state index contributed by atoms with van der Waals surface area (Å²) in [4.78, 5) is 2.43. The van der Waals surface area contributed by atoms with Crippen LogP contribution in [0.15, 0.2) is 0 Å². The van der Waals surface area contributed by atoms with E-state index >= 15 is 0 Å². The van der Waals surface area contributed by atoms with Crippen LogP contribution in [-0.4, -0.2) is 37.1 Å². The Labute approximate surface area is 79.7 Å². The highest BCUT2D eigenvalue weighted by molar-refractivity contribution is 5.11. The highest BCUT2D eigenvalue weighted by atomic mass is 15.2. The molecule has 3 nitrogen and oxygen atoms in total. The fourth-order valence-corrected chi connectivity index (χ4v) is 2.04. The quantitative estimate of drug-likeness (QED) is 0.674. The van der Waals surface area contributed by atoms with Crippen molar-refractivity contribution < 1.29 is 0 Å². The molecule has 2 rings (SSSR count). The van der Waals surface area contributed by atoms with Gasteiger partial charge in [0, 0.05) is 32.2 Å². The first-order valence-corrected chi connectivity index (χ1v) is 5.11. The van der Waals surface area contributed by atoms with Crippen LogP contribution in [0.4, 0.5) is 0 Å². The van der Waals surface area contributed by atoms with E-state index in [-0.39, 0.29) is 5.41 Å². The van der Waals surface area contributed by atoms with Crippen molar-refractivity contribution in [2.24, 2.45) is 5.41 Å². The molecule has 0 amide bonds. The van der Waals surface area contributed by atoms with E-state index in [1.807, 2.05) is 0 Å². The zero-order valence-electron chi connectivity index (χ0n) is 8.21. The number of nitrogens with one attached hydrogen (secondary N) is 1. The van der Waals surface area contributed by atoms with Gasteiger partial charge < -0.3 is 5.32 Å². The fraction of sp³-hybridized carbons (Fsp3) is 0.900. The third-order valence-electron chi connectivity index (χ3n) is 3.07. The molecule has 1 N–H and O–H groups in total. The molecule has 0 aromatic heterocycles. The summed E-state index contributed by atoms with van der Waals surface area (Å²) >= 11 is 0. The average molecular weight is 179 g/mol. The van der Waals surface area contributed by atoms with Crippen LogP contribution >= 0.6 is 0 Å². The van der Waals surface area contributed by atoms with E-state index in [4.69, 9.17) is 5.26 Å². The highest BCUT2D eigenvalue weighted by Gasteiger charge is 2.44. The van der Waals surface area contributed by atoms with E-state index in [0.717, 1.165) is 39.0 Å². The molecule has 1 unspecified atom stereocenters. The molecule has 0 aromatic rings. The lowest BCUT2D eigenvalue weighted by molar-refractivity contribution is 0.186. The van der Waals surface area contributed by atoms with Crippen LogP contribution < -0.4 is 5.32 Å². The van der Waals surface area contributed by atoms with Crippen molar-refractivity contribution in [1.82, 2.24) is 10.2 Å². The first-order valence-electron chi connectivity index (χ1n) is 5.11. The maximum Gasteiger partial charge on any atom is 0.0703 e. The van der Waals surface area contributed by atoms with E-state index in [1.165, 1.54) is 0 Å². The molecule has 1 saturated carbocycles. The van der Waals surface area contributed by atoms with Gasteiger partial charge in [-0.25, -0.2) is 0 Å². The number of rotatable bonds is 2. The van der Waals surface area contributed by atoms with Crippen molar-refractivity contribution in [3.8, 4) is 6.07 Å². The van der Waals surface area contributed by atoms with Gasteiger partial charge in [-0.1, -0.05) is 0 Å². The number of nitriles is 1. The Balaban J connectivity index is 1.85. The van der Waals surface area contributed by atoms with Gasteiger partial charge in [-0.05, 0) is 19.8 Å². The van der Waals surface area contributed by atoms with Crippen LogP contribution in [0.1, 0.15) is 19.8 Å². The van der Waals surface area contributed by atoms with Crippen LogP contribution in [-0.2, 0) is 0 Å². The number of piperazine rings is 1. The summed E-state index contributed by atoms with van der Waals surface area (Å²) in [6.07, 6.45) is 2.23. The van der Waals surface area contributed by atoms with Crippen molar-refractivity contribution in [2.45, 2.75) is 25.8 Å². The predicted molar refractivity (Wildman–Crippen MR) is 51.2 cm³/mol. The molecule has 1 saturated heterocycles. The molecule has 0 spiro atoms. The van der Waals surface area contributed by atoms with E-state index in [0.29, 0.717) is 6.04 Å². The molecule has 1 aliphatic heterocycles. The van der Waals surface area contributed by atoms with Crippen molar-refractivity contribution in [3.63, 3.8) is 0 Å². The fourth-order valence-electron chi connectivity index (χ4n) is 2.04. The lowest BCUT2D eigenvalue weighted by Gasteiger charge is -2.32. The summed E-state index contributed by atoms with van der Waals surface area (Å²) < 4.78 is 0. The standard InChI is InChI=1S/C10H17N3/c1-9-6-13(5-4-12-9)8-10(7-11)2-3-10/h9,12H,2-6,8H2,1H3. The van der Waals surface area contributed by atoms with Crippen LogP contribution in [0.5, 0.6) is 0 Å². The minimum absolute atomic E-state index is 0.0387. The Kier molecular flexibility index (Phi) is 2.27. The number of hydrogen-bond acceptors (Lipinski definition) is 3. The SMILES string of the molecule is CC1CN(CC2(C#N)CC2)CCN1. The summed E-state index contributed by atoms with van der Waals surface area (Å²) in [7, 11) is 0. The van der Waals surface area contributed by atoms with E-state index < -0.39 is 0 Å². The minimum atomic E-state index is 0.0387. The Bertz CT molecular complexity index is 227. The third-order valence-corrected chi connectivity index (χ3v) is 3.07. The zero-order valence-corrected chi connectivity index (χ0v) is 8.21.